The van der Waals surface area contributed by atoms with Crippen LogP contribution in [0.2, 0.25) is 0 Å². The second-order valence-electron chi connectivity index (χ2n) is 6.27. The maximum atomic E-state index is 9.27. The number of piperazine rings is 1. The fourth-order valence-electron chi connectivity index (χ4n) is 3.45. The van der Waals surface area contributed by atoms with Crippen molar-refractivity contribution < 1.29 is 0 Å². The molecule has 0 radical (unpaired) electrons. The third-order valence-electron chi connectivity index (χ3n) is 4.72. The van der Waals surface area contributed by atoms with Crippen molar-refractivity contribution >= 4 is 16.6 Å². The SMILES string of the molecule is N#Cc1ccccc1N1CCN(Cc2cc3ccccc3[nH]2)CC1. The predicted molar refractivity (Wildman–Crippen MR) is 96.9 cm³/mol. The first-order chi connectivity index (χ1) is 11.8. The molecule has 3 aromatic rings. The number of H-pyrrole nitrogens is 1. The molecule has 0 spiro atoms. The van der Waals surface area contributed by atoms with Crippen LogP contribution < -0.4 is 4.90 Å². The second kappa shape index (κ2) is 6.38. The lowest BCUT2D eigenvalue weighted by Crippen LogP contribution is -2.46. The first-order valence-corrected chi connectivity index (χ1v) is 8.36. The van der Waals surface area contributed by atoms with E-state index < -0.39 is 0 Å². The molecule has 24 heavy (non-hydrogen) atoms. The average molecular weight is 316 g/mol. The Bertz CT molecular complexity index is 849. The molecule has 0 atom stereocenters. The van der Waals surface area contributed by atoms with Gasteiger partial charge in [-0.1, -0.05) is 30.3 Å². The normalized spacial score (nSPS) is 15.5. The van der Waals surface area contributed by atoms with E-state index >= 15 is 0 Å². The molecule has 1 fully saturated rings. The maximum Gasteiger partial charge on any atom is 0.101 e. The Morgan fingerprint density at radius 2 is 1.71 bits per heavy atom. The summed E-state index contributed by atoms with van der Waals surface area (Å²) in [6, 6.07) is 20.8. The van der Waals surface area contributed by atoms with E-state index in [2.05, 4.69) is 51.2 Å². The summed E-state index contributed by atoms with van der Waals surface area (Å²) in [5.74, 6) is 0. The number of fused-ring (bicyclic) bond motifs is 1. The molecule has 4 heteroatoms. The Morgan fingerprint density at radius 1 is 0.958 bits per heavy atom. The minimum atomic E-state index is 0.765. The smallest absolute Gasteiger partial charge is 0.101 e. The zero-order chi connectivity index (χ0) is 16.4. The fraction of sp³-hybridized carbons (Fsp3) is 0.250. The standard InChI is InChI=1S/C20H20N4/c21-14-17-6-2-4-8-20(17)24-11-9-23(10-12-24)15-18-13-16-5-1-3-7-19(16)22-18/h1-8,13,22H,9-12,15H2. The van der Waals surface area contributed by atoms with Gasteiger partial charge in [-0.2, -0.15) is 5.26 Å². The fourth-order valence-corrected chi connectivity index (χ4v) is 3.45. The van der Waals surface area contributed by atoms with Crippen molar-refractivity contribution in [2.45, 2.75) is 6.54 Å². The van der Waals surface area contributed by atoms with Gasteiger partial charge in [-0.05, 0) is 29.7 Å². The number of nitriles is 1. The Labute approximate surface area is 141 Å². The number of nitrogens with zero attached hydrogens (tertiary/aromatic N) is 3. The molecule has 1 aliphatic heterocycles. The van der Waals surface area contributed by atoms with Crippen LogP contribution in [-0.2, 0) is 6.54 Å². The van der Waals surface area contributed by atoms with E-state index in [-0.39, 0.29) is 0 Å². The van der Waals surface area contributed by atoms with Crippen LogP contribution in [0.3, 0.4) is 0 Å². The lowest BCUT2D eigenvalue weighted by molar-refractivity contribution is 0.247. The molecule has 0 bridgehead atoms. The third-order valence-corrected chi connectivity index (χ3v) is 4.72. The number of para-hydroxylation sites is 2. The number of hydrogen-bond donors (Lipinski definition) is 1. The van der Waals surface area contributed by atoms with E-state index in [4.69, 9.17) is 0 Å². The topological polar surface area (TPSA) is 46.1 Å². The summed E-state index contributed by atoms with van der Waals surface area (Å²) < 4.78 is 0. The van der Waals surface area contributed by atoms with Gasteiger partial charge < -0.3 is 9.88 Å². The van der Waals surface area contributed by atoms with Gasteiger partial charge in [0.05, 0.1) is 11.3 Å². The molecule has 0 saturated carbocycles. The number of aromatic amines is 1. The van der Waals surface area contributed by atoms with E-state index in [1.807, 2.05) is 24.3 Å². The molecule has 1 saturated heterocycles. The number of benzene rings is 2. The highest BCUT2D eigenvalue weighted by Gasteiger charge is 2.19. The van der Waals surface area contributed by atoms with Gasteiger partial charge in [0, 0.05) is 43.9 Å². The van der Waals surface area contributed by atoms with Crippen molar-refractivity contribution in [3.8, 4) is 6.07 Å². The van der Waals surface area contributed by atoms with Crippen LogP contribution in [0.5, 0.6) is 0 Å². The highest BCUT2D eigenvalue weighted by molar-refractivity contribution is 5.80. The molecule has 1 aromatic heterocycles. The molecule has 1 aliphatic rings. The summed E-state index contributed by atoms with van der Waals surface area (Å²) in [6.07, 6.45) is 0. The van der Waals surface area contributed by atoms with E-state index in [0.29, 0.717) is 0 Å². The Hall–Kier alpha value is -2.77. The molecule has 4 nitrogen and oxygen atoms in total. The van der Waals surface area contributed by atoms with Gasteiger partial charge in [0.15, 0.2) is 0 Å². The molecule has 2 heterocycles. The van der Waals surface area contributed by atoms with Crippen molar-refractivity contribution in [3.63, 3.8) is 0 Å². The molecule has 0 aliphatic carbocycles. The molecular formula is C20H20N4. The zero-order valence-corrected chi connectivity index (χ0v) is 13.6. The van der Waals surface area contributed by atoms with Crippen molar-refractivity contribution in [2.24, 2.45) is 0 Å². The lowest BCUT2D eigenvalue weighted by atomic mass is 10.1. The second-order valence-corrected chi connectivity index (χ2v) is 6.27. The van der Waals surface area contributed by atoms with Crippen LogP contribution in [-0.4, -0.2) is 36.1 Å². The summed E-state index contributed by atoms with van der Waals surface area (Å²) in [6.45, 7) is 4.88. The Kier molecular flexibility index (Phi) is 3.94. The van der Waals surface area contributed by atoms with Crippen LogP contribution in [0.1, 0.15) is 11.3 Å². The van der Waals surface area contributed by atoms with Crippen molar-refractivity contribution in [1.29, 1.82) is 5.26 Å². The summed E-state index contributed by atoms with van der Waals surface area (Å²) >= 11 is 0. The first-order valence-electron chi connectivity index (χ1n) is 8.36. The zero-order valence-electron chi connectivity index (χ0n) is 13.6. The number of nitrogens with one attached hydrogen (secondary N) is 1. The Morgan fingerprint density at radius 3 is 2.50 bits per heavy atom. The number of rotatable bonds is 3. The molecule has 0 amide bonds. The van der Waals surface area contributed by atoms with E-state index in [1.54, 1.807) is 0 Å². The average Bonchev–Trinajstić information content (AvgIpc) is 3.04. The molecule has 2 aromatic carbocycles. The van der Waals surface area contributed by atoms with Gasteiger partial charge >= 0.3 is 0 Å². The van der Waals surface area contributed by atoms with Crippen LogP contribution in [0, 0.1) is 11.3 Å². The lowest BCUT2D eigenvalue weighted by Gasteiger charge is -2.36. The van der Waals surface area contributed by atoms with Gasteiger partial charge in [-0.3, -0.25) is 4.90 Å². The summed E-state index contributed by atoms with van der Waals surface area (Å²) in [5, 5.41) is 10.5. The van der Waals surface area contributed by atoms with Crippen LogP contribution in [0.25, 0.3) is 10.9 Å². The molecule has 4 rings (SSSR count). The summed E-state index contributed by atoms with van der Waals surface area (Å²) in [7, 11) is 0. The molecule has 1 N–H and O–H groups in total. The first kappa shape index (κ1) is 14.8. The molecular weight excluding hydrogens is 296 g/mol. The van der Waals surface area contributed by atoms with Gasteiger partial charge in [-0.25, -0.2) is 0 Å². The summed E-state index contributed by atoms with van der Waals surface area (Å²) in [4.78, 5) is 8.29. The highest BCUT2D eigenvalue weighted by Crippen LogP contribution is 2.22. The van der Waals surface area contributed by atoms with E-state index in [1.165, 1.54) is 16.6 Å². The predicted octanol–water partition coefficient (Wildman–Crippen LogP) is 3.36. The van der Waals surface area contributed by atoms with Gasteiger partial charge in [0.1, 0.15) is 6.07 Å². The minimum Gasteiger partial charge on any atom is -0.368 e. The highest BCUT2D eigenvalue weighted by atomic mass is 15.3. The number of aromatic nitrogens is 1. The summed E-state index contributed by atoms with van der Waals surface area (Å²) in [5.41, 5.74) is 4.29. The minimum absolute atomic E-state index is 0.765. The van der Waals surface area contributed by atoms with Gasteiger partial charge in [0.2, 0.25) is 0 Å². The van der Waals surface area contributed by atoms with E-state index in [9.17, 15) is 5.26 Å². The maximum absolute atomic E-state index is 9.27. The number of hydrogen-bond acceptors (Lipinski definition) is 3. The van der Waals surface area contributed by atoms with Crippen molar-refractivity contribution in [2.75, 3.05) is 31.1 Å². The molecule has 120 valence electrons. The largest absolute Gasteiger partial charge is 0.368 e. The van der Waals surface area contributed by atoms with Crippen LogP contribution in [0.4, 0.5) is 5.69 Å². The van der Waals surface area contributed by atoms with Gasteiger partial charge in [0.25, 0.3) is 0 Å². The monoisotopic (exact) mass is 316 g/mol. The third kappa shape index (κ3) is 2.86. The van der Waals surface area contributed by atoms with Crippen molar-refractivity contribution in [3.05, 3.63) is 65.9 Å². The molecule has 0 unspecified atom stereocenters. The Balaban J connectivity index is 1.42. The van der Waals surface area contributed by atoms with Crippen molar-refractivity contribution in [1.82, 2.24) is 9.88 Å². The van der Waals surface area contributed by atoms with Crippen LogP contribution >= 0.6 is 0 Å². The quantitative estimate of drug-likeness (QED) is 0.806. The number of anilines is 1. The van der Waals surface area contributed by atoms with E-state index in [0.717, 1.165) is 44.0 Å². The van der Waals surface area contributed by atoms with Gasteiger partial charge in [-0.15, -0.1) is 0 Å². The van der Waals surface area contributed by atoms with Crippen LogP contribution in [0.15, 0.2) is 54.6 Å².